The van der Waals surface area contributed by atoms with Crippen molar-refractivity contribution in [3.63, 3.8) is 0 Å². The van der Waals surface area contributed by atoms with Crippen molar-refractivity contribution in [1.82, 2.24) is 0 Å². The number of nitrogens with zero attached hydrogens (tertiary/aromatic N) is 1. The third-order valence-electron chi connectivity index (χ3n) is 4.24. The Morgan fingerprint density at radius 1 is 1.10 bits per heavy atom. The summed E-state index contributed by atoms with van der Waals surface area (Å²) in [6, 6.07) is 15.8. The summed E-state index contributed by atoms with van der Waals surface area (Å²) in [5.74, 6) is 0.0533. The summed E-state index contributed by atoms with van der Waals surface area (Å²) in [5.41, 5.74) is 3.34. The van der Waals surface area contributed by atoms with Crippen LogP contribution in [0.4, 0.5) is 11.4 Å². The van der Waals surface area contributed by atoms with Gasteiger partial charge in [0.2, 0.25) is 0 Å². The number of benzene rings is 2. The van der Waals surface area contributed by atoms with E-state index in [-0.39, 0.29) is 5.91 Å². The Kier molecular flexibility index (Phi) is 3.20. The normalized spacial score (nSPS) is 20.9. The van der Waals surface area contributed by atoms with Crippen LogP contribution in [0.5, 0.6) is 0 Å². The molecule has 1 heterocycles. The van der Waals surface area contributed by atoms with Crippen LogP contribution < -0.4 is 10.2 Å². The second kappa shape index (κ2) is 4.92. The van der Waals surface area contributed by atoms with Crippen LogP contribution in [-0.2, 0) is 0 Å². The highest BCUT2D eigenvalue weighted by atomic mass is 16.2. The first-order valence-electron chi connectivity index (χ1n) is 7.33. The standard InChI is InChI=1S/C18H20N2O/c1-4-18(3)19-16-8-6-5-7-15(16)17(21)20(18)14-11-9-13(2)10-12-14/h5-12,19H,4H2,1-3H3/t18-/m1/s1. The van der Waals surface area contributed by atoms with Gasteiger partial charge in [-0.1, -0.05) is 36.8 Å². The number of amides is 1. The van der Waals surface area contributed by atoms with Crippen LogP contribution in [0.3, 0.4) is 0 Å². The highest BCUT2D eigenvalue weighted by Crippen LogP contribution is 2.36. The average Bonchev–Trinajstić information content (AvgIpc) is 2.49. The molecular weight excluding hydrogens is 260 g/mol. The fourth-order valence-corrected chi connectivity index (χ4v) is 2.81. The molecule has 108 valence electrons. The van der Waals surface area contributed by atoms with E-state index >= 15 is 0 Å². The Morgan fingerprint density at radius 2 is 1.76 bits per heavy atom. The van der Waals surface area contributed by atoms with Crippen molar-refractivity contribution in [2.24, 2.45) is 0 Å². The lowest BCUT2D eigenvalue weighted by atomic mass is 9.97. The number of aryl methyl sites for hydroxylation is 1. The van der Waals surface area contributed by atoms with E-state index in [0.717, 1.165) is 23.4 Å². The summed E-state index contributed by atoms with van der Waals surface area (Å²) in [7, 11) is 0. The minimum absolute atomic E-state index is 0.0533. The molecule has 2 aromatic rings. The minimum Gasteiger partial charge on any atom is -0.362 e. The Labute approximate surface area is 125 Å². The summed E-state index contributed by atoms with van der Waals surface area (Å²) in [5, 5.41) is 3.52. The molecule has 3 nitrogen and oxygen atoms in total. The molecule has 1 aliphatic rings. The first-order chi connectivity index (χ1) is 10.0. The number of hydrogen-bond donors (Lipinski definition) is 1. The van der Waals surface area contributed by atoms with E-state index < -0.39 is 5.66 Å². The van der Waals surface area contributed by atoms with Gasteiger partial charge in [-0.3, -0.25) is 9.69 Å². The number of hydrogen-bond acceptors (Lipinski definition) is 2. The van der Waals surface area contributed by atoms with Gasteiger partial charge in [0.25, 0.3) is 5.91 Å². The van der Waals surface area contributed by atoms with Gasteiger partial charge < -0.3 is 5.32 Å². The highest BCUT2D eigenvalue weighted by Gasteiger charge is 2.40. The maximum Gasteiger partial charge on any atom is 0.262 e. The maximum atomic E-state index is 13.0. The third-order valence-corrected chi connectivity index (χ3v) is 4.24. The lowest BCUT2D eigenvalue weighted by Crippen LogP contribution is -2.58. The SMILES string of the molecule is CC[C@]1(C)Nc2ccccc2C(=O)N1c1ccc(C)cc1. The van der Waals surface area contributed by atoms with Gasteiger partial charge in [-0.25, -0.2) is 0 Å². The molecule has 0 spiro atoms. The number of carbonyl (C=O) groups is 1. The molecule has 0 bridgehead atoms. The van der Waals surface area contributed by atoms with E-state index in [9.17, 15) is 4.79 Å². The summed E-state index contributed by atoms with van der Waals surface area (Å²) < 4.78 is 0. The van der Waals surface area contributed by atoms with Gasteiger partial charge in [0, 0.05) is 11.4 Å². The maximum absolute atomic E-state index is 13.0. The Balaban J connectivity index is 2.13. The van der Waals surface area contributed by atoms with Crippen LogP contribution in [-0.4, -0.2) is 11.6 Å². The van der Waals surface area contributed by atoms with Gasteiger partial charge in [0.05, 0.1) is 5.56 Å². The van der Waals surface area contributed by atoms with Crippen molar-refractivity contribution in [2.75, 3.05) is 10.2 Å². The molecule has 3 heteroatoms. The molecule has 0 unspecified atom stereocenters. The number of fused-ring (bicyclic) bond motifs is 1. The van der Waals surface area contributed by atoms with Crippen molar-refractivity contribution < 1.29 is 4.79 Å². The number of rotatable bonds is 2. The number of anilines is 2. The summed E-state index contributed by atoms with van der Waals surface area (Å²) >= 11 is 0. The van der Waals surface area contributed by atoms with E-state index in [1.165, 1.54) is 5.56 Å². The minimum atomic E-state index is -0.416. The van der Waals surface area contributed by atoms with E-state index in [2.05, 4.69) is 19.2 Å². The molecule has 1 N–H and O–H groups in total. The molecule has 0 aromatic heterocycles. The topological polar surface area (TPSA) is 32.3 Å². The Morgan fingerprint density at radius 3 is 2.43 bits per heavy atom. The van der Waals surface area contributed by atoms with Gasteiger partial charge >= 0.3 is 0 Å². The number of para-hydroxylation sites is 1. The Hall–Kier alpha value is -2.29. The molecule has 1 amide bonds. The zero-order chi connectivity index (χ0) is 15.0. The van der Waals surface area contributed by atoms with Crippen molar-refractivity contribution in [3.8, 4) is 0 Å². The van der Waals surface area contributed by atoms with Crippen molar-refractivity contribution >= 4 is 17.3 Å². The monoisotopic (exact) mass is 280 g/mol. The summed E-state index contributed by atoms with van der Waals surface area (Å²) in [4.78, 5) is 14.8. The molecule has 0 radical (unpaired) electrons. The molecule has 0 saturated heterocycles. The van der Waals surface area contributed by atoms with Crippen LogP contribution in [0.15, 0.2) is 48.5 Å². The van der Waals surface area contributed by atoms with Crippen LogP contribution in [0.25, 0.3) is 0 Å². The van der Waals surface area contributed by atoms with Crippen molar-refractivity contribution in [1.29, 1.82) is 0 Å². The van der Waals surface area contributed by atoms with Crippen LogP contribution in [0, 0.1) is 6.92 Å². The van der Waals surface area contributed by atoms with Gasteiger partial charge in [-0.2, -0.15) is 0 Å². The van der Waals surface area contributed by atoms with E-state index in [0.29, 0.717) is 0 Å². The quantitative estimate of drug-likeness (QED) is 0.894. The van der Waals surface area contributed by atoms with Crippen LogP contribution >= 0.6 is 0 Å². The van der Waals surface area contributed by atoms with Crippen LogP contribution in [0.2, 0.25) is 0 Å². The van der Waals surface area contributed by atoms with Gasteiger partial charge in [0.15, 0.2) is 0 Å². The lowest BCUT2D eigenvalue weighted by Gasteiger charge is -2.46. The molecular formula is C18H20N2O. The average molecular weight is 280 g/mol. The summed E-state index contributed by atoms with van der Waals surface area (Å²) in [6.07, 6.45) is 0.820. The van der Waals surface area contributed by atoms with E-state index in [1.54, 1.807) is 0 Å². The molecule has 0 fully saturated rings. The lowest BCUT2D eigenvalue weighted by molar-refractivity contribution is 0.0956. The molecule has 1 aliphatic heterocycles. The largest absolute Gasteiger partial charge is 0.362 e. The number of nitrogens with one attached hydrogen (secondary N) is 1. The highest BCUT2D eigenvalue weighted by molar-refractivity contribution is 6.12. The molecule has 21 heavy (non-hydrogen) atoms. The van der Waals surface area contributed by atoms with Crippen molar-refractivity contribution in [2.45, 2.75) is 32.9 Å². The second-order valence-corrected chi connectivity index (χ2v) is 5.77. The second-order valence-electron chi connectivity index (χ2n) is 5.77. The van der Waals surface area contributed by atoms with Crippen molar-refractivity contribution in [3.05, 3.63) is 59.7 Å². The molecule has 0 saturated carbocycles. The molecule has 0 aliphatic carbocycles. The van der Waals surface area contributed by atoms with Gasteiger partial charge in [0.1, 0.15) is 5.66 Å². The summed E-state index contributed by atoms with van der Waals surface area (Å²) in [6.45, 7) is 6.21. The van der Waals surface area contributed by atoms with E-state index in [1.807, 2.05) is 60.4 Å². The van der Waals surface area contributed by atoms with Gasteiger partial charge in [-0.05, 0) is 44.5 Å². The fourth-order valence-electron chi connectivity index (χ4n) is 2.81. The zero-order valence-electron chi connectivity index (χ0n) is 12.7. The first-order valence-corrected chi connectivity index (χ1v) is 7.33. The fraction of sp³-hybridized carbons (Fsp3) is 0.278. The third kappa shape index (κ3) is 2.19. The predicted octanol–water partition coefficient (Wildman–Crippen LogP) is 4.19. The first kappa shape index (κ1) is 13.7. The van der Waals surface area contributed by atoms with Gasteiger partial charge in [-0.15, -0.1) is 0 Å². The molecule has 2 aromatic carbocycles. The molecule has 3 rings (SSSR count). The van der Waals surface area contributed by atoms with Crippen LogP contribution in [0.1, 0.15) is 36.2 Å². The predicted molar refractivity (Wildman–Crippen MR) is 86.7 cm³/mol. The smallest absolute Gasteiger partial charge is 0.262 e. The van der Waals surface area contributed by atoms with E-state index in [4.69, 9.17) is 0 Å². The zero-order valence-corrected chi connectivity index (χ0v) is 12.7. The molecule has 1 atom stereocenters. The Bertz CT molecular complexity index is 678. The number of carbonyl (C=O) groups excluding carboxylic acids is 1.